The lowest BCUT2D eigenvalue weighted by Crippen LogP contribution is -2.34. The summed E-state index contributed by atoms with van der Waals surface area (Å²) >= 11 is 2.33. The maximum atomic E-state index is 11.6. The number of sulfonamides is 1. The molecule has 2 aromatic rings. The molecule has 0 radical (unpaired) electrons. The van der Waals surface area contributed by atoms with Crippen molar-refractivity contribution < 1.29 is 12.9 Å². The summed E-state index contributed by atoms with van der Waals surface area (Å²) in [6.07, 6.45) is 3.87. The second-order valence-corrected chi connectivity index (χ2v) is 9.69. The van der Waals surface area contributed by atoms with E-state index in [4.69, 9.17) is 4.52 Å². The molecule has 1 aromatic heterocycles. The van der Waals surface area contributed by atoms with Crippen molar-refractivity contribution in [3.05, 3.63) is 29.8 Å². The Hall–Kier alpha value is -1.20. The molecule has 7 nitrogen and oxygen atoms in total. The minimum Gasteiger partial charge on any atom is -0.335 e. The molecule has 27 heavy (non-hydrogen) atoms. The topological polar surface area (TPSA) is 97.1 Å². The van der Waals surface area contributed by atoms with Crippen LogP contribution in [-0.4, -0.2) is 36.9 Å². The fraction of sp³-hybridized carbons (Fsp3) is 0.556. The third-order valence-electron chi connectivity index (χ3n) is 4.97. The maximum Gasteiger partial charge on any atom is 0.322 e. The second kappa shape index (κ2) is 9.33. The van der Waals surface area contributed by atoms with Gasteiger partial charge in [0.1, 0.15) is 0 Å². The number of nitrogens with zero attached hydrogens (tertiary/aromatic N) is 2. The lowest BCUT2D eigenvalue weighted by Gasteiger charge is -2.28. The molecule has 1 aromatic carbocycles. The zero-order chi connectivity index (χ0) is 19.3. The van der Waals surface area contributed by atoms with E-state index in [9.17, 15) is 8.42 Å². The summed E-state index contributed by atoms with van der Waals surface area (Å²) in [7, 11) is -3.11. The Labute approximate surface area is 173 Å². The summed E-state index contributed by atoms with van der Waals surface area (Å²) in [5.74, 6) is 1.12. The fourth-order valence-corrected chi connectivity index (χ4v) is 4.64. The van der Waals surface area contributed by atoms with Crippen LogP contribution in [0, 0.1) is 5.92 Å². The molecule has 0 spiro atoms. The SMILES string of the molecule is CCS(=O)(=O)NC[C@H]1CC[C@H](Nc2nc(-c3ccccc3CI)no2)CC1. The first-order valence-electron chi connectivity index (χ1n) is 9.22. The first kappa shape index (κ1) is 20.5. The fourth-order valence-electron chi connectivity index (χ4n) is 3.28. The standard InChI is InChI=1S/C18H25IN4O3S/c1-2-27(24,25)20-12-13-7-9-15(10-8-13)21-18-22-17(23-26-18)16-6-4-3-5-14(16)11-19/h3-6,13,15,20H,2,7-12H2,1H3,(H,21,22,23)/t13-,15-. The molecule has 1 aliphatic carbocycles. The Balaban J connectivity index is 1.52. The van der Waals surface area contributed by atoms with E-state index in [-0.39, 0.29) is 11.8 Å². The Morgan fingerprint density at radius 2 is 1.96 bits per heavy atom. The summed E-state index contributed by atoms with van der Waals surface area (Å²) in [6.45, 7) is 2.18. The van der Waals surface area contributed by atoms with Gasteiger partial charge in [-0.15, -0.1) is 0 Å². The van der Waals surface area contributed by atoms with Gasteiger partial charge in [0, 0.05) is 22.6 Å². The first-order chi connectivity index (χ1) is 13.0. The van der Waals surface area contributed by atoms with Crippen LogP contribution in [0.3, 0.4) is 0 Å². The number of hydrogen-bond donors (Lipinski definition) is 2. The molecule has 1 heterocycles. The highest BCUT2D eigenvalue weighted by molar-refractivity contribution is 14.1. The van der Waals surface area contributed by atoms with E-state index >= 15 is 0 Å². The minimum absolute atomic E-state index is 0.129. The van der Waals surface area contributed by atoms with E-state index in [0.29, 0.717) is 24.3 Å². The normalized spacial score (nSPS) is 20.5. The number of aromatic nitrogens is 2. The van der Waals surface area contributed by atoms with E-state index in [1.54, 1.807) is 6.92 Å². The average Bonchev–Trinajstić information content (AvgIpc) is 3.16. The van der Waals surface area contributed by atoms with Crippen LogP contribution in [0.5, 0.6) is 0 Å². The van der Waals surface area contributed by atoms with Crippen LogP contribution >= 0.6 is 22.6 Å². The van der Waals surface area contributed by atoms with E-state index in [1.807, 2.05) is 18.2 Å². The minimum atomic E-state index is -3.11. The number of hydrogen-bond acceptors (Lipinski definition) is 6. The van der Waals surface area contributed by atoms with Gasteiger partial charge in [0.2, 0.25) is 15.8 Å². The first-order valence-corrected chi connectivity index (χ1v) is 12.4. The van der Waals surface area contributed by atoms with Gasteiger partial charge in [0.05, 0.1) is 5.75 Å². The van der Waals surface area contributed by atoms with Crippen molar-refractivity contribution in [1.29, 1.82) is 0 Å². The molecule has 0 aliphatic heterocycles. The predicted molar refractivity (Wildman–Crippen MR) is 114 cm³/mol. The van der Waals surface area contributed by atoms with Crippen LogP contribution in [0.15, 0.2) is 28.8 Å². The average molecular weight is 504 g/mol. The van der Waals surface area contributed by atoms with E-state index < -0.39 is 10.0 Å². The number of halogens is 1. The quantitative estimate of drug-likeness (QED) is 0.422. The highest BCUT2D eigenvalue weighted by Gasteiger charge is 2.23. The molecular weight excluding hydrogens is 479 g/mol. The number of nitrogens with one attached hydrogen (secondary N) is 2. The second-order valence-electron chi connectivity index (χ2n) is 6.83. The third kappa shape index (κ3) is 5.64. The molecule has 0 atom stereocenters. The zero-order valence-corrected chi connectivity index (χ0v) is 18.3. The number of benzene rings is 1. The number of alkyl halides is 1. The molecule has 1 aliphatic rings. The summed E-state index contributed by atoms with van der Waals surface area (Å²) in [6, 6.07) is 8.78. The number of anilines is 1. The molecule has 0 saturated heterocycles. The van der Waals surface area contributed by atoms with Crippen LogP contribution in [-0.2, 0) is 14.5 Å². The van der Waals surface area contributed by atoms with E-state index in [2.05, 4.69) is 48.8 Å². The molecule has 148 valence electrons. The Bertz CT molecular complexity index is 848. The van der Waals surface area contributed by atoms with Crippen LogP contribution in [0.4, 0.5) is 6.01 Å². The van der Waals surface area contributed by atoms with Crippen molar-refractivity contribution in [2.24, 2.45) is 5.92 Å². The van der Waals surface area contributed by atoms with E-state index in [1.165, 1.54) is 5.56 Å². The lowest BCUT2D eigenvalue weighted by atomic mass is 9.86. The third-order valence-corrected chi connectivity index (χ3v) is 7.16. The smallest absolute Gasteiger partial charge is 0.322 e. The van der Waals surface area contributed by atoms with Gasteiger partial charge in [0.15, 0.2) is 0 Å². The van der Waals surface area contributed by atoms with Gasteiger partial charge in [-0.1, -0.05) is 52.0 Å². The lowest BCUT2D eigenvalue weighted by molar-refractivity contribution is 0.330. The van der Waals surface area contributed by atoms with Crippen LogP contribution < -0.4 is 10.0 Å². The molecule has 0 amide bonds. The van der Waals surface area contributed by atoms with Crippen LogP contribution in [0.1, 0.15) is 38.2 Å². The largest absolute Gasteiger partial charge is 0.335 e. The molecule has 1 saturated carbocycles. The Morgan fingerprint density at radius 1 is 1.22 bits per heavy atom. The summed E-state index contributed by atoms with van der Waals surface area (Å²) in [5, 5.41) is 7.44. The van der Waals surface area contributed by atoms with Gasteiger partial charge in [0.25, 0.3) is 0 Å². The van der Waals surface area contributed by atoms with Crippen molar-refractivity contribution in [3.63, 3.8) is 0 Å². The Morgan fingerprint density at radius 3 is 2.67 bits per heavy atom. The van der Waals surface area contributed by atoms with Crippen molar-refractivity contribution >= 4 is 38.6 Å². The number of rotatable bonds is 8. The van der Waals surface area contributed by atoms with Gasteiger partial charge in [-0.25, -0.2) is 13.1 Å². The summed E-state index contributed by atoms with van der Waals surface area (Å²) in [4.78, 5) is 4.50. The summed E-state index contributed by atoms with van der Waals surface area (Å²) < 4.78 is 32.1. The predicted octanol–water partition coefficient (Wildman–Crippen LogP) is 3.58. The molecule has 3 rings (SSSR count). The van der Waals surface area contributed by atoms with Crippen molar-refractivity contribution in [2.75, 3.05) is 17.6 Å². The highest BCUT2D eigenvalue weighted by atomic mass is 127. The van der Waals surface area contributed by atoms with Gasteiger partial charge in [-0.2, -0.15) is 4.98 Å². The van der Waals surface area contributed by atoms with E-state index in [0.717, 1.165) is 35.7 Å². The van der Waals surface area contributed by atoms with Crippen LogP contribution in [0.2, 0.25) is 0 Å². The maximum absolute atomic E-state index is 11.6. The van der Waals surface area contributed by atoms with Crippen molar-refractivity contribution in [1.82, 2.24) is 14.9 Å². The van der Waals surface area contributed by atoms with Gasteiger partial charge >= 0.3 is 6.01 Å². The molecular formula is C18H25IN4O3S. The molecule has 0 bridgehead atoms. The van der Waals surface area contributed by atoms with Crippen LogP contribution in [0.25, 0.3) is 11.4 Å². The van der Waals surface area contributed by atoms with Crippen molar-refractivity contribution in [3.8, 4) is 11.4 Å². The molecule has 1 fully saturated rings. The summed E-state index contributed by atoms with van der Waals surface area (Å²) in [5.41, 5.74) is 2.18. The Kier molecular flexibility index (Phi) is 7.10. The molecule has 0 unspecified atom stereocenters. The zero-order valence-electron chi connectivity index (χ0n) is 15.3. The molecule has 2 N–H and O–H groups in total. The molecule has 9 heteroatoms. The monoisotopic (exact) mass is 504 g/mol. The highest BCUT2D eigenvalue weighted by Crippen LogP contribution is 2.28. The van der Waals surface area contributed by atoms with Gasteiger partial charge in [-0.05, 0) is 44.1 Å². The van der Waals surface area contributed by atoms with Gasteiger partial charge < -0.3 is 9.84 Å². The van der Waals surface area contributed by atoms with Crippen molar-refractivity contribution in [2.45, 2.75) is 43.1 Å². The van der Waals surface area contributed by atoms with Gasteiger partial charge in [-0.3, -0.25) is 0 Å².